The Labute approximate surface area is 211 Å². The molecular weight excluding hydrogens is 465 g/mol. The third-order valence-corrected chi connectivity index (χ3v) is 7.77. The highest BCUT2D eigenvalue weighted by Crippen LogP contribution is 2.37. The van der Waals surface area contributed by atoms with Gasteiger partial charge >= 0.3 is 6.18 Å². The number of halogens is 3. The number of amides is 1. The van der Waals surface area contributed by atoms with Crippen LogP contribution in [0.25, 0.3) is 0 Å². The minimum Gasteiger partial charge on any atom is -0.321 e. The van der Waals surface area contributed by atoms with Crippen LogP contribution in [0.3, 0.4) is 0 Å². The lowest BCUT2D eigenvalue weighted by molar-refractivity contribution is -0.137. The first-order chi connectivity index (χ1) is 17.1. The average Bonchev–Trinajstić information content (AvgIpc) is 2.81. The highest BCUT2D eigenvalue weighted by atomic mass is 19.4. The van der Waals surface area contributed by atoms with Crippen molar-refractivity contribution in [2.24, 2.45) is 5.92 Å². The van der Waals surface area contributed by atoms with Crippen molar-refractivity contribution in [1.82, 2.24) is 4.57 Å². The fourth-order valence-corrected chi connectivity index (χ4v) is 5.67. The molecule has 36 heavy (non-hydrogen) atoms. The van der Waals surface area contributed by atoms with Crippen LogP contribution in [-0.2, 0) is 25.6 Å². The first-order valence-electron chi connectivity index (χ1n) is 13.4. The quantitative estimate of drug-likeness (QED) is 0.461. The maximum absolute atomic E-state index is 13.8. The van der Waals surface area contributed by atoms with E-state index in [4.69, 9.17) is 0 Å². The number of nitrogens with one attached hydrogen (secondary N) is 1. The minimum absolute atomic E-state index is 0.0637. The Kier molecular flexibility index (Phi) is 8.26. The highest BCUT2D eigenvalue weighted by Gasteiger charge is 2.35. The van der Waals surface area contributed by atoms with Crippen molar-refractivity contribution in [3.8, 4) is 0 Å². The molecule has 1 saturated carbocycles. The number of fused-ring (bicyclic) bond motifs is 1. The third-order valence-electron chi connectivity index (χ3n) is 7.77. The Morgan fingerprint density at radius 1 is 1.00 bits per heavy atom. The van der Waals surface area contributed by atoms with E-state index in [2.05, 4.69) is 5.32 Å². The van der Waals surface area contributed by atoms with Crippen molar-refractivity contribution < 1.29 is 18.0 Å². The number of nitrogens with zero attached hydrogens (tertiary/aromatic N) is 1. The van der Waals surface area contributed by atoms with Gasteiger partial charge in [0.1, 0.15) is 5.56 Å². The van der Waals surface area contributed by atoms with Crippen molar-refractivity contribution in [3.05, 3.63) is 62.6 Å². The summed E-state index contributed by atoms with van der Waals surface area (Å²) in [5.74, 6) is -0.466. The van der Waals surface area contributed by atoms with Gasteiger partial charge in [0.15, 0.2) is 0 Å². The van der Waals surface area contributed by atoms with Gasteiger partial charge in [-0.1, -0.05) is 52.0 Å². The number of benzene rings is 1. The number of carbonyl (C=O) groups excluding carboxylic acids is 1. The van der Waals surface area contributed by atoms with Crippen molar-refractivity contribution in [2.75, 3.05) is 5.32 Å². The summed E-state index contributed by atoms with van der Waals surface area (Å²) in [6.45, 7) is 4.22. The van der Waals surface area contributed by atoms with Crippen LogP contribution in [0.5, 0.6) is 0 Å². The Bertz CT molecular complexity index is 1140. The van der Waals surface area contributed by atoms with Gasteiger partial charge in [0.05, 0.1) is 11.3 Å². The number of hydrogen-bond acceptors (Lipinski definition) is 2. The molecule has 1 fully saturated rings. The number of aryl methyl sites for hydroxylation is 1. The predicted molar refractivity (Wildman–Crippen MR) is 137 cm³/mol. The Morgan fingerprint density at radius 2 is 1.67 bits per heavy atom. The normalized spacial score (nSPS) is 17.4. The van der Waals surface area contributed by atoms with Crippen molar-refractivity contribution in [2.45, 2.75) is 103 Å². The van der Waals surface area contributed by atoms with Crippen LogP contribution in [0.2, 0.25) is 0 Å². The summed E-state index contributed by atoms with van der Waals surface area (Å²) in [5, 5.41) is 2.43. The number of aromatic nitrogens is 1. The van der Waals surface area contributed by atoms with E-state index in [0.29, 0.717) is 18.0 Å². The van der Waals surface area contributed by atoms with E-state index in [0.717, 1.165) is 81.5 Å². The maximum Gasteiger partial charge on any atom is 0.418 e. The molecule has 0 radical (unpaired) electrons. The molecule has 1 aromatic heterocycles. The lowest BCUT2D eigenvalue weighted by Crippen LogP contribution is -2.35. The Balaban J connectivity index is 1.73. The van der Waals surface area contributed by atoms with Crippen molar-refractivity contribution in [1.29, 1.82) is 0 Å². The molecule has 1 N–H and O–H groups in total. The predicted octanol–water partition coefficient (Wildman–Crippen LogP) is 7.48. The van der Waals surface area contributed by atoms with E-state index in [-0.39, 0.29) is 22.7 Å². The summed E-state index contributed by atoms with van der Waals surface area (Å²) in [5.41, 5.74) is 0.880. The van der Waals surface area contributed by atoms with E-state index < -0.39 is 17.6 Å². The van der Waals surface area contributed by atoms with Crippen LogP contribution in [-0.4, -0.2) is 10.5 Å². The number of pyridine rings is 1. The van der Waals surface area contributed by atoms with Gasteiger partial charge in [-0.15, -0.1) is 0 Å². The van der Waals surface area contributed by atoms with E-state index in [9.17, 15) is 22.8 Å². The molecule has 196 valence electrons. The number of alkyl halides is 3. The van der Waals surface area contributed by atoms with E-state index in [1.165, 1.54) is 12.5 Å². The summed E-state index contributed by atoms with van der Waals surface area (Å²) in [7, 11) is 0. The number of carbonyl (C=O) groups is 1. The molecule has 1 heterocycles. The molecule has 2 aliphatic rings. The molecule has 0 aliphatic heterocycles. The van der Waals surface area contributed by atoms with Crippen LogP contribution in [0.1, 0.15) is 110 Å². The Morgan fingerprint density at radius 3 is 2.33 bits per heavy atom. The standard InChI is InChI=1S/C29H37F3N2O2/c1-19(2)21-14-15-25(24(17-21)29(30,31)32)33-27(35)23-16-22-12-8-3-4-9-13-26(22)34(28(23)36)18-20-10-6-5-7-11-20/h14-17,19-20H,3-13,18H2,1-2H3,(H,33,35). The third kappa shape index (κ3) is 6.04. The van der Waals surface area contributed by atoms with E-state index in [1.54, 1.807) is 16.7 Å². The Hall–Kier alpha value is -2.57. The van der Waals surface area contributed by atoms with Crippen molar-refractivity contribution in [3.63, 3.8) is 0 Å². The smallest absolute Gasteiger partial charge is 0.321 e. The van der Waals surface area contributed by atoms with Crippen LogP contribution in [0, 0.1) is 5.92 Å². The molecule has 1 aromatic carbocycles. The second kappa shape index (κ2) is 11.2. The van der Waals surface area contributed by atoms with Crippen LogP contribution >= 0.6 is 0 Å². The van der Waals surface area contributed by atoms with E-state index in [1.807, 2.05) is 13.8 Å². The van der Waals surface area contributed by atoms with Gasteiger partial charge in [0.25, 0.3) is 11.5 Å². The summed E-state index contributed by atoms with van der Waals surface area (Å²) < 4.78 is 43.3. The summed E-state index contributed by atoms with van der Waals surface area (Å²) in [6, 6.07) is 5.62. The topological polar surface area (TPSA) is 51.1 Å². The van der Waals surface area contributed by atoms with Crippen molar-refractivity contribution >= 4 is 11.6 Å². The number of hydrogen-bond donors (Lipinski definition) is 1. The zero-order valence-corrected chi connectivity index (χ0v) is 21.3. The maximum atomic E-state index is 13.8. The molecule has 2 aliphatic carbocycles. The monoisotopic (exact) mass is 502 g/mol. The largest absolute Gasteiger partial charge is 0.418 e. The molecule has 1 amide bonds. The molecular formula is C29H37F3N2O2. The van der Waals surface area contributed by atoms with Gasteiger partial charge in [0.2, 0.25) is 0 Å². The SMILES string of the molecule is CC(C)c1ccc(NC(=O)c2cc3c(n(CC4CCCCC4)c2=O)CCCCCC3)c(C(F)(F)F)c1. The second-order valence-corrected chi connectivity index (χ2v) is 10.8. The van der Waals surface area contributed by atoms with Gasteiger partial charge in [-0.3, -0.25) is 9.59 Å². The fraction of sp³-hybridized carbons (Fsp3) is 0.586. The van der Waals surface area contributed by atoms with E-state index >= 15 is 0 Å². The summed E-state index contributed by atoms with van der Waals surface area (Å²) >= 11 is 0. The average molecular weight is 503 g/mol. The number of anilines is 1. The summed E-state index contributed by atoms with van der Waals surface area (Å²) in [6.07, 6.45) is 6.78. The zero-order chi connectivity index (χ0) is 25.9. The van der Waals surface area contributed by atoms with Crippen LogP contribution < -0.4 is 10.9 Å². The second-order valence-electron chi connectivity index (χ2n) is 10.8. The fourth-order valence-electron chi connectivity index (χ4n) is 5.67. The summed E-state index contributed by atoms with van der Waals surface area (Å²) in [4.78, 5) is 27.0. The van der Waals surface area contributed by atoms with Gasteiger partial charge in [-0.2, -0.15) is 13.2 Å². The molecule has 0 spiro atoms. The zero-order valence-electron chi connectivity index (χ0n) is 21.3. The van der Waals surface area contributed by atoms with Gasteiger partial charge in [-0.05, 0) is 79.7 Å². The minimum atomic E-state index is -4.62. The number of rotatable bonds is 5. The molecule has 7 heteroatoms. The lowest BCUT2D eigenvalue weighted by atomic mass is 9.88. The molecule has 0 saturated heterocycles. The molecule has 4 nitrogen and oxygen atoms in total. The highest BCUT2D eigenvalue weighted by molar-refractivity contribution is 6.04. The van der Waals surface area contributed by atoms with Gasteiger partial charge in [0, 0.05) is 12.2 Å². The first kappa shape index (κ1) is 26.5. The molecule has 0 unspecified atom stereocenters. The molecule has 0 bridgehead atoms. The van der Waals surface area contributed by atoms with Crippen LogP contribution in [0.4, 0.5) is 18.9 Å². The molecule has 4 rings (SSSR count). The van der Waals surface area contributed by atoms with Gasteiger partial charge in [-0.25, -0.2) is 0 Å². The lowest BCUT2D eigenvalue weighted by Gasteiger charge is -2.26. The van der Waals surface area contributed by atoms with Gasteiger partial charge < -0.3 is 9.88 Å². The first-order valence-corrected chi connectivity index (χ1v) is 13.4. The molecule has 0 atom stereocenters. The van der Waals surface area contributed by atoms with Crippen LogP contribution in [0.15, 0.2) is 29.1 Å². The molecule has 2 aromatic rings.